The van der Waals surface area contributed by atoms with E-state index in [2.05, 4.69) is 0 Å². The molecule has 0 spiro atoms. The number of rotatable bonds is 5. The third-order valence-corrected chi connectivity index (χ3v) is 4.42. The Hall–Kier alpha value is -1.74. The molecule has 0 aromatic heterocycles. The van der Waals surface area contributed by atoms with Crippen molar-refractivity contribution in [3.8, 4) is 0 Å². The molecule has 0 N–H and O–H groups in total. The molecule has 0 radical (unpaired) electrons. The summed E-state index contributed by atoms with van der Waals surface area (Å²) in [7, 11) is -1.06. The highest BCUT2D eigenvalue weighted by atomic mass is 32.2. The summed E-state index contributed by atoms with van der Waals surface area (Å²) in [5, 5.41) is 0. The molecule has 0 fully saturated rings. The predicted octanol–water partition coefficient (Wildman–Crippen LogP) is 1.64. The van der Waals surface area contributed by atoms with Crippen molar-refractivity contribution in [1.29, 1.82) is 0 Å². The lowest BCUT2D eigenvalue weighted by atomic mass is 10.1. The summed E-state index contributed by atoms with van der Waals surface area (Å²) in [4.78, 5) is 22.1. The Kier molecular flexibility index (Phi) is 4.90. The maximum Gasteiger partial charge on any atom is 0.450 e. The summed E-state index contributed by atoms with van der Waals surface area (Å²) in [6.07, 6.45) is -6.37. The summed E-state index contributed by atoms with van der Waals surface area (Å²) in [6, 6.07) is 4.34. The van der Waals surface area contributed by atoms with E-state index in [0.717, 1.165) is 28.6 Å². The van der Waals surface area contributed by atoms with Gasteiger partial charge in [-0.1, -0.05) is 12.1 Å². The number of halogens is 3. The Labute approximate surface area is 119 Å². The summed E-state index contributed by atoms with van der Waals surface area (Å²) in [5.41, 5.74) is -0.162. The summed E-state index contributed by atoms with van der Waals surface area (Å²) in [6.45, 7) is 0. The quantitative estimate of drug-likeness (QED) is 0.610. The van der Waals surface area contributed by atoms with Gasteiger partial charge in [0.2, 0.25) is 15.8 Å². The molecule has 0 heterocycles. The molecular weight excluding hydrogens is 311 g/mol. The van der Waals surface area contributed by atoms with Gasteiger partial charge in [-0.15, -0.1) is 0 Å². The van der Waals surface area contributed by atoms with Gasteiger partial charge in [-0.2, -0.15) is 13.2 Å². The molecule has 116 valence electrons. The molecule has 0 aliphatic heterocycles. The van der Waals surface area contributed by atoms with E-state index in [-0.39, 0.29) is 10.5 Å². The standard InChI is InChI=1S/C12H12F3NO4S/c1-16(2)21(19,20)9-5-3-8(4-6-9)10(17)7-11(18)12(13,14)15/h3-6H,7H2,1-2H3. The van der Waals surface area contributed by atoms with Crippen LogP contribution in [-0.4, -0.2) is 44.6 Å². The first kappa shape index (κ1) is 17.3. The Morgan fingerprint density at radius 1 is 1.10 bits per heavy atom. The van der Waals surface area contributed by atoms with Crippen LogP contribution in [0, 0.1) is 0 Å². The molecule has 21 heavy (non-hydrogen) atoms. The van der Waals surface area contributed by atoms with Gasteiger partial charge in [0.15, 0.2) is 5.78 Å². The highest BCUT2D eigenvalue weighted by Gasteiger charge is 2.39. The van der Waals surface area contributed by atoms with Gasteiger partial charge < -0.3 is 0 Å². The number of Topliss-reactive ketones (excluding diaryl/α,β-unsaturated/α-hetero) is 2. The van der Waals surface area contributed by atoms with Crippen molar-refractivity contribution in [2.24, 2.45) is 0 Å². The fourth-order valence-corrected chi connectivity index (χ4v) is 2.27. The molecule has 0 aliphatic rings. The average Bonchev–Trinajstić information content (AvgIpc) is 2.37. The number of benzene rings is 1. The van der Waals surface area contributed by atoms with Crippen LogP contribution in [0.25, 0.3) is 0 Å². The van der Waals surface area contributed by atoms with Crippen LogP contribution < -0.4 is 0 Å². The van der Waals surface area contributed by atoms with Crippen LogP contribution in [0.1, 0.15) is 16.8 Å². The summed E-state index contributed by atoms with van der Waals surface area (Å²) < 4.78 is 60.6. The van der Waals surface area contributed by atoms with Crippen molar-refractivity contribution < 1.29 is 31.2 Å². The van der Waals surface area contributed by atoms with E-state index < -0.39 is 34.2 Å². The molecule has 0 saturated carbocycles. The molecule has 1 aromatic carbocycles. The average molecular weight is 323 g/mol. The van der Waals surface area contributed by atoms with Crippen LogP contribution in [0.2, 0.25) is 0 Å². The first-order valence-electron chi connectivity index (χ1n) is 5.62. The number of nitrogens with zero attached hydrogens (tertiary/aromatic N) is 1. The largest absolute Gasteiger partial charge is 0.450 e. The lowest BCUT2D eigenvalue weighted by Crippen LogP contribution is -2.25. The molecule has 0 saturated heterocycles. The number of sulfonamides is 1. The molecule has 1 aromatic rings. The van der Waals surface area contributed by atoms with Crippen LogP contribution in [-0.2, 0) is 14.8 Å². The zero-order chi connectivity index (χ0) is 16.4. The molecule has 0 bridgehead atoms. The number of ketones is 2. The number of alkyl halides is 3. The number of hydrogen-bond acceptors (Lipinski definition) is 4. The fraction of sp³-hybridized carbons (Fsp3) is 0.333. The third-order valence-electron chi connectivity index (χ3n) is 2.59. The zero-order valence-electron chi connectivity index (χ0n) is 11.1. The monoisotopic (exact) mass is 323 g/mol. The Morgan fingerprint density at radius 2 is 1.57 bits per heavy atom. The summed E-state index contributed by atoms with van der Waals surface area (Å²) >= 11 is 0. The second kappa shape index (κ2) is 5.94. The first-order valence-corrected chi connectivity index (χ1v) is 7.06. The Morgan fingerprint density at radius 3 is 1.95 bits per heavy atom. The van der Waals surface area contributed by atoms with Crippen LogP contribution >= 0.6 is 0 Å². The van der Waals surface area contributed by atoms with Gasteiger partial charge in [-0.25, -0.2) is 12.7 Å². The van der Waals surface area contributed by atoms with Gasteiger partial charge in [0.1, 0.15) is 0 Å². The summed E-state index contributed by atoms with van der Waals surface area (Å²) in [5.74, 6) is -3.16. The maximum atomic E-state index is 12.0. The molecule has 9 heteroatoms. The van der Waals surface area contributed by atoms with E-state index in [4.69, 9.17) is 0 Å². The predicted molar refractivity (Wildman–Crippen MR) is 67.3 cm³/mol. The van der Waals surface area contributed by atoms with Crippen molar-refractivity contribution in [2.45, 2.75) is 17.5 Å². The first-order chi connectivity index (χ1) is 9.46. The Bertz CT molecular complexity index is 648. The smallest absolute Gasteiger partial charge is 0.294 e. The lowest BCUT2D eigenvalue weighted by molar-refractivity contribution is -0.170. The second-order valence-corrected chi connectivity index (χ2v) is 6.48. The minimum atomic E-state index is -5.07. The van der Waals surface area contributed by atoms with Gasteiger partial charge in [-0.3, -0.25) is 9.59 Å². The van der Waals surface area contributed by atoms with Crippen LogP contribution in [0.5, 0.6) is 0 Å². The van der Waals surface area contributed by atoms with Crippen LogP contribution in [0.15, 0.2) is 29.2 Å². The number of hydrogen-bond donors (Lipinski definition) is 0. The molecule has 0 atom stereocenters. The molecular formula is C12H12F3NO4S. The van der Waals surface area contributed by atoms with E-state index in [9.17, 15) is 31.2 Å². The van der Waals surface area contributed by atoms with E-state index in [1.807, 2.05) is 0 Å². The molecule has 1 rings (SSSR count). The van der Waals surface area contributed by atoms with Crippen molar-refractivity contribution in [1.82, 2.24) is 4.31 Å². The van der Waals surface area contributed by atoms with Crippen molar-refractivity contribution in [3.63, 3.8) is 0 Å². The van der Waals surface area contributed by atoms with Gasteiger partial charge in [0.05, 0.1) is 11.3 Å². The topological polar surface area (TPSA) is 71.5 Å². The number of carbonyl (C=O) groups is 2. The molecule has 5 nitrogen and oxygen atoms in total. The SMILES string of the molecule is CN(C)S(=O)(=O)c1ccc(C(=O)CC(=O)C(F)(F)F)cc1. The number of carbonyl (C=O) groups excluding carboxylic acids is 2. The van der Waals surface area contributed by atoms with Gasteiger partial charge >= 0.3 is 6.18 Å². The zero-order valence-corrected chi connectivity index (χ0v) is 12.0. The highest BCUT2D eigenvalue weighted by molar-refractivity contribution is 7.89. The minimum Gasteiger partial charge on any atom is -0.294 e. The van der Waals surface area contributed by atoms with E-state index in [0.29, 0.717) is 0 Å². The highest BCUT2D eigenvalue weighted by Crippen LogP contribution is 2.20. The molecule has 0 unspecified atom stereocenters. The van der Waals surface area contributed by atoms with Crippen molar-refractivity contribution >= 4 is 21.6 Å². The normalized spacial score (nSPS) is 12.5. The van der Waals surface area contributed by atoms with Gasteiger partial charge in [-0.05, 0) is 12.1 Å². The van der Waals surface area contributed by atoms with Crippen LogP contribution in [0.3, 0.4) is 0 Å². The lowest BCUT2D eigenvalue weighted by Gasteiger charge is -2.11. The van der Waals surface area contributed by atoms with Crippen molar-refractivity contribution in [3.05, 3.63) is 29.8 Å². The van der Waals surface area contributed by atoms with Gasteiger partial charge in [0.25, 0.3) is 0 Å². The fourth-order valence-electron chi connectivity index (χ4n) is 1.37. The minimum absolute atomic E-state index is 0.105. The maximum absolute atomic E-state index is 12.0. The third kappa shape index (κ3) is 4.11. The van der Waals surface area contributed by atoms with E-state index in [1.165, 1.54) is 14.1 Å². The Balaban J connectivity index is 2.94. The van der Waals surface area contributed by atoms with E-state index >= 15 is 0 Å². The molecule has 0 amide bonds. The van der Waals surface area contributed by atoms with E-state index in [1.54, 1.807) is 0 Å². The molecule has 0 aliphatic carbocycles. The second-order valence-electron chi connectivity index (χ2n) is 4.33. The van der Waals surface area contributed by atoms with Crippen molar-refractivity contribution in [2.75, 3.05) is 14.1 Å². The van der Waals surface area contributed by atoms with Gasteiger partial charge in [0, 0.05) is 19.7 Å². The van der Waals surface area contributed by atoms with Crippen LogP contribution in [0.4, 0.5) is 13.2 Å².